The second-order valence-corrected chi connectivity index (χ2v) is 5.35. The van der Waals surface area contributed by atoms with Crippen LogP contribution < -0.4 is 0 Å². The minimum Gasteiger partial charge on any atom is -0.481 e. The zero-order chi connectivity index (χ0) is 13.3. The average molecular weight is 245 g/mol. The monoisotopic (exact) mass is 245 g/mol. The lowest BCUT2D eigenvalue weighted by atomic mass is 9.81. The van der Waals surface area contributed by atoms with Crippen molar-refractivity contribution in [2.75, 3.05) is 26.8 Å². The fourth-order valence-electron chi connectivity index (χ4n) is 1.70. The van der Waals surface area contributed by atoms with Crippen LogP contribution in [0.4, 0.5) is 4.79 Å². The highest BCUT2D eigenvalue weighted by atomic mass is 16.6. The highest BCUT2D eigenvalue weighted by molar-refractivity contribution is 5.80. The lowest BCUT2D eigenvalue weighted by Crippen LogP contribution is -2.64. The third-order valence-electron chi connectivity index (χ3n) is 2.51. The molecule has 98 valence electrons. The number of aliphatic carboxylic acids is 1. The number of carbonyl (C=O) groups excluding carboxylic acids is 1. The van der Waals surface area contributed by atoms with E-state index in [-0.39, 0.29) is 19.7 Å². The highest BCUT2D eigenvalue weighted by Crippen LogP contribution is 2.32. The highest BCUT2D eigenvalue weighted by Gasteiger charge is 2.52. The van der Waals surface area contributed by atoms with Crippen molar-refractivity contribution in [1.82, 2.24) is 4.90 Å². The molecule has 1 heterocycles. The van der Waals surface area contributed by atoms with Crippen molar-refractivity contribution in [2.45, 2.75) is 26.4 Å². The molecule has 1 saturated heterocycles. The maximum Gasteiger partial charge on any atom is 0.410 e. The zero-order valence-corrected chi connectivity index (χ0v) is 10.6. The SMILES string of the molecule is COCC1(C(=O)O)CN(C(=O)OC(C)(C)C)C1. The molecule has 0 aromatic rings. The third kappa shape index (κ3) is 3.09. The number of carboxylic acids is 1. The van der Waals surface area contributed by atoms with Crippen molar-refractivity contribution >= 4 is 12.1 Å². The molecule has 1 rings (SSSR count). The van der Waals surface area contributed by atoms with Crippen LogP contribution in [0.15, 0.2) is 0 Å². The van der Waals surface area contributed by atoms with Gasteiger partial charge in [-0.2, -0.15) is 0 Å². The first-order chi connectivity index (χ1) is 7.70. The summed E-state index contributed by atoms with van der Waals surface area (Å²) < 4.78 is 10.0. The van der Waals surface area contributed by atoms with Crippen LogP contribution in [-0.4, -0.2) is 54.5 Å². The number of hydrogen-bond donors (Lipinski definition) is 1. The Hall–Kier alpha value is -1.30. The van der Waals surface area contributed by atoms with E-state index in [1.807, 2.05) is 0 Å². The molecule has 1 fully saturated rings. The van der Waals surface area contributed by atoms with Gasteiger partial charge in [-0.05, 0) is 20.8 Å². The predicted molar refractivity (Wildman–Crippen MR) is 59.8 cm³/mol. The summed E-state index contributed by atoms with van der Waals surface area (Å²) in [6.45, 7) is 5.66. The van der Waals surface area contributed by atoms with Gasteiger partial charge in [0.2, 0.25) is 0 Å². The van der Waals surface area contributed by atoms with E-state index < -0.39 is 23.1 Å². The van der Waals surface area contributed by atoms with E-state index in [0.29, 0.717) is 0 Å². The molecule has 0 bridgehead atoms. The molecule has 1 aliphatic rings. The Kier molecular flexibility index (Phi) is 3.66. The van der Waals surface area contributed by atoms with E-state index in [9.17, 15) is 9.59 Å². The Balaban J connectivity index is 2.54. The van der Waals surface area contributed by atoms with E-state index >= 15 is 0 Å². The maximum atomic E-state index is 11.6. The van der Waals surface area contributed by atoms with Crippen LogP contribution in [0.2, 0.25) is 0 Å². The summed E-state index contributed by atoms with van der Waals surface area (Å²) in [5.74, 6) is -0.945. The molecule has 0 spiro atoms. The topological polar surface area (TPSA) is 76.1 Å². The summed E-state index contributed by atoms with van der Waals surface area (Å²) in [6.07, 6.45) is -0.481. The Morgan fingerprint density at radius 1 is 1.35 bits per heavy atom. The van der Waals surface area contributed by atoms with Crippen LogP contribution in [-0.2, 0) is 14.3 Å². The normalized spacial score (nSPS) is 18.5. The standard InChI is InChI=1S/C11H19NO5/c1-10(2,3)17-9(15)12-5-11(6-12,7-16-4)8(13)14/h5-7H2,1-4H3,(H,13,14). The van der Waals surface area contributed by atoms with Gasteiger partial charge in [0.1, 0.15) is 11.0 Å². The molecular weight excluding hydrogens is 226 g/mol. The van der Waals surface area contributed by atoms with Crippen molar-refractivity contribution in [3.63, 3.8) is 0 Å². The number of methoxy groups -OCH3 is 1. The molecule has 0 atom stereocenters. The van der Waals surface area contributed by atoms with Gasteiger partial charge in [-0.1, -0.05) is 0 Å². The second kappa shape index (κ2) is 4.52. The number of rotatable bonds is 3. The number of carbonyl (C=O) groups is 2. The summed E-state index contributed by atoms with van der Waals surface area (Å²) in [6, 6.07) is 0. The smallest absolute Gasteiger partial charge is 0.410 e. The van der Waals surface area contributed by atoms with Crippen LogP contribution in [0.3, 0.4) is 0 Å². The first kappa shape index (κ1) is 13.8. The van der Waals surface area contributed by atoms with Crippen molar-refractivity contribution in [2.24, 2.45) is 5.41 Å². The average Bonchev–Trinajstić information content (AvgIpc) is 2.06. The van der Waals surface area contributed by atoms with Crippen molar-refractivity contribution in [3.05, 3.63) is 0 Å². The van der Waals surface area contributed by atoms with Crippen LogP contribution in [0.5, 0.6) is 0 Å². The van der Waals surface area contributed by atoms with E-state index in [4.69, 9.17) is 14.6 Å². The summed E-state index contributed by atoms with van der Waals surface area (Å²) in [5, 5.41) is 9.09. The summed E-state index contributed by atoms with van der Waals surface area (Å²) in [5.41, 5.74) is -1.55. The van der Waals surface area contributed by atoms with E-state index in [0.717, 1.165) is 0 Å². The van der Waals surface area contributed by atoms with Gasteiger partial charge in [0, 0.05) is 20.2 Å². The summed E-state index contributed by atoms with van der Waals surface area (Å²) in [7, 11) is 1.45. The first-order valence-corrected chi connectivity index (χ1v) is 5.40. The minimum absolute atomic E-state index is 0.0988. The zero-order valence-electron chi connectivity index (χ0n) is 10.6. The quantitative estimate of drug-likeness (QED) is 0.801. The number of carboxylic acid groups (broad SMARTS) is 1. The van der Waals surface area contributed by atoms with E-state index in [2.05, 4.69) is 0 Å². The molecule has 0 saturated carbocycles. The fourth-order valence-corrected chi connectivity index (χ4v) is 1.70. The predicted octanol–water partition coefficient (Wildman–Crippen LogP) is 0.954. The molecule has 1 amide bonds. The first-order valence-electron chi connectivity index (χ1n) is 5.40. The van der Waals surface area contributed by atoms with Crippen LogP contribution in [0, 0.1) is 5.41 Å². The molecule has 1 aliphatic heterocycles. The molecule has 0 aromatic heterocycles. The van der Waals surface area contributed by atoms with Crippen molar-refractivity contribution in [1.29, 1.82) is 0 Å². The second-order valence-electron chi connectivity index (χ2n) is 5.35. The molecule has 0 aromatic carbocycles. The lowest BCUT2D eigenvalue weighted by molar-refractivity contribution is -0.165. The number of ether oxygens (including phenoxy) is 2. The van der Waals surface area contributed by atoms with Gasteiger partial charge in [-0.25, -0.2) is 4.79 Å². The number of hydrogen-bond acceptors (Lipinski definition) is 4. The lowest BCUT2D eigenvalue weighted by Gasteiger charge is -2.46. The number of nitrogens with zero attached hydrogens (tertiary/aromatic N) is 1. The Morgan fingerprint density at radius 2 is 1.88 bits per heavy atom. The molecule has 0 aliphatic carbocycles. The van der Waals surface area contributed by atoms with Crippen molar-refractivity contribution in [3.8, 4) is 0 Å². The van der Waals surface area contributed by atoms with Gasteiger partial charge in [0.15, 0.2) is 0 Å². The third-order valence-corrected chi connectivity index (χ3v) is 2.51. The molecule has 1 N–H and O–H groups in total. The van der Waals surface area contributed by atoms with Crippen LogP contribution in [0.1, 0.15) is 20.8 Å². The molecule has 6 nitrogen and oxygen atoms in total. The Labute approximate surface area is 100 Å². The van der Waals surface area contributed by atoms with Crippen molar-refractivity contribution < 1.29 is 24.2 Å². The minimum atomic E-state index is -0.981. The van der Waals surface area contributed by atoms with Gasteiger partial charge in [0.05, 0.1) is 6.61 Å². The largest absolute Gasteiger partial charge is 0.481 e. The van der Waals surface area contributed by atoms with Crippen LogP contribution in [0.25, 0.3) is 0 Å². The van der Waals surface area contributed by atoms with Gasteiger partial charge in [-0.15, -0.1) is 0 Å². The maximum absolute atomic E-state index is 11.6. The van der Waals surface area contributed by atoms with Gasteiger partial charge in [0.25, 0.3) is 0 Å². The fraction of sp³-hybridized carbons (Fsp3) is 0.818. The van der Waals surface area contributed by atoms with Crippen LogP contribution >= 0.6 is 0 Å². The van der Waals surface area contributed by atoms with Gasteiger partial charge < -0.3 is 19.5 Å². The summed E-state index contributed by atoms with van der Waals surface area (Å²) >= 11 is 0. The molecule has 6 heteroatoms. The van der Waals surface area contributed by atoms with E-state index in [1.165, 1.54) is 12.0 Å². The van der Waals surface area contributed by atoms with Gasteiger partial charge >= 0.3 is 12.1 Å². The molecule has 17 heavy (non-hydrogen) atoms. The Bertz CT molecular complexity index is 314. The number of likely N-dealkylation sites (tertiary alicyclic amines) is 1. The molecular formula is C11H19NO5. The molecule has 0 radical (unpaired) electrons. The van der Waals surface area contributed by atoms with E-state index in [1.54, 1.807) is 20.8 Å². The summed E-state index contributed by atoms with van der Waals surface area (Å²) in [4.78, 5) is 24.1. The number of amides is 1. The molecule has 0 unspecified atom stereocenters. The van der Waals surface area contributed by atoms with Gasteiger partial charge in [-0.3, -0.25) is 4.79 Å². The Morgan fingerprint density at radius 3 is 2.24 bits per heavy atom.